The number of cyclic esters (lactones) is 1. The number of benzene rings is 2. The zero-order valence-corrected chi connectivity index (χ0v) is 64.0. The van der Waals surface area contributed by atoms with E-state index in [1.807, 2.05) is 0 Å². The summed E-state index contributed by atoms with van der Waals surface area (Å²) in [5, 5.41) is 19.7. The van der Waals surface area contributed by atoms with Gasteiger partial charge in [-0.05, 0) is 92.5 Å². The van der Waals surface area contributed by atoms with Crippen LogP contribution in [0.25, 0.3) is 22.3 Å². The van der Waals surface area contributed by atoms with Gasteiger partial charge in [0, 0.05) is 92.4 Å². The number of esters is 1. The van der Waals surface area contributed by atoms with Gasteiger partial charge in [-0.1, -0.05) is 37.3 Å². The van der Waals surface area contributed by atoms with Crippen molar-refractivity contribution in [3.05, 3.63) is 110 Å². The number of hydrogen-bond acceptors (Lipinski definition) is 24. The minimum absolute atomic E-state index is 0.000179. The number of pyridine rings is 2. The van der Waals surface area contributed by atoms with Crippen LogP contribution in [-0.4, -0.2) is 254 Å². The molecule has 3 aliphatic heterocycles. The van der Waals surface area contributed by atoms with E-state index < -0.39 is 109 Å². The second kappa shape index (κ2) is 43.7. The highest BCUT2D eigenvalue weighted by Gasteiger charge is 2.50. The summed E-state index contributed by atoms with van der Waals surface area (Å²) in [6, 6.07) is 10.1. The Labute approximate surface area is 650 Å². The fourth-order valence-electron chi connectivity index (χ4n) is 14.2. The average molecular weight is 1590 g/mol. The smallest absolute Gasteiger partial charge is 0.423 e. The monoisotopic (exact) mass is 1590 g/mol. The molecule has 113 heavy (non-hydrogen) atoms. The summed E-state index contributed by atoms with van der Waals surface area (Å²) in [6.45, 7) is 6.81. The van der Waals surface area contributed by atoms with Crippen LogP contribution in [0.5, 0.6) is 0 Å². The minimum Gasteiger partial charge on any atom is -0.458 e. The SMILES string of the molecule is CC[C@@]1(O)C(=O)OCc2c1cc1n(c2=O)Cc2c-1nc1cc(F)c(C)c3c1c2[C@@H](N(C)C(=O)[C@@H](OCCC(=O)CNC(=O)[C@H](CC(=O)CNC(=O)CCC(=O)COCCOCCOCCOCCOCCOCCOCCOCCOCCNC(=O)C1CCC(CN2C(=O)C=CC2=O)CC1)Cc1ccccc1)C(F)(F)F)CC3. The molecule has 9 rings (SSSR count). The Kier molecular flexibility index (Phi) is 34.1. The molecule has 2 aromatic carbocycles. The van der Waals surface area contributed by atoms with E-state index in [9.17, 15) is 71.0 Å². The van der Waals surface area contributed by atoms with E-state index in [2.05, 4.69) is 16.0 Å². The number of likely N-dealkylation sites (N-methyl/N-ethyl adjacent to an activating group) is 1. The molecule has 34 heteroatoms. The molecular formula is C79H101F4N7O23. The summed E-state index contributed by atoms with van der Waals surface area (Å²) in [6.07, 6.45) is -4.20. The topological polar surface area (TPSA) is 370 Å². The molecule has 5 aliphatic rings. The largest absolute Gasteiger partial charge is 0.458 e. The molecule has 1 fully saturated rings. The molecule has 4 atom stereocenters. The third-order valence-electron chi connectivity index (χ3n) is 20.4. The highest BCUT2D eigenvalue weighted by Crippen LogP contribution is 2.48. The van der Waals surface area contributed by atoms with Crippen LogP contribution in [0.3, 0.4) is 0 Å². The first kappa shape index (κ1) is 88.3. The van der Waals surface area contributed by atoms with Crippen molar-refractivity contribution >= 4 is 69.7 Å². The molecule has 2 aromatic heterocycles. The van der Waals surface area contributed by atoms with E-state index in [0.29, 0.717) is 133 Å². The number of imide groups is 1. The molecule has 0 radical (unpaired) electrons. The Morgan fingerprint density at radius 3 is 1.84 bits per heavy atom. The molecule has 4 N–H and O–H groups in total. The maximum Gasteiger partial charge on any atom is 0.423 e. The van der Waals surface area contributed by atoms with Gasteiger partial charge < -0.3 is 82.6 Å². The van der Waals surface area contributed by atoms with E-state index in [4.69, 9.17) is 57.1 Å². The Hall–Kier alpha value is -8.68. The third-order valence-corrected chi connectivity index (χ3v) is 20.4. The van der Waals surface area contributed by atoms with E-state index in [1.165, 1.54) is 47.7 Å². The molecule has 5 heterocycles. The highest BCUT2D eigenvalue weighted by molar-refractivity contribution is 6.13. The molecule has 0 unspecified atom stereocenters. The van der Waals surface area contributed by atoms with Gasteiger partial charge in [-0.15, -0.1) is 0 Å². The van der Waals surface area contributed by atoms with Gasteiger partial charge in [0.15, 0.2) is 23.0 Å². The van der Waals surface area contributed by atoms with Gasteiger partial charge in [0.25, 0.3) is 23.3 Å². The van der Waals surface area contributed by atoms with Gasteiger partial charge in [-0.3, -0.25) is 52.8 Å². The van der Waals surface area contributed by atoms with Crippen LogP contribution in [0.2, 0.25) is 0 Å². The number of Topliss-reactive ketones (excluding diaryl/α,β-unsaturated/α-hetero) is 3. The number of fused-ring (bicyclic) bond motifs is 5. The molecule has 30 nitrogen and oxygen atoms in total. The second-order valence-electron chi connectivity index (χ2n) is 28.1. The zero-order chi connectivity index (χ0) is 81.0. The molecule has 6 amide bonds. The number of aryl methyl sites for hydroxylation is 1. The van der Waals surface area contributed by atoms with Crippen LogP contribution in [0.15, 0.2) is 59.4 Å². The number of ether oxygens (including phenoxy) is 11. The van der Waals surface area contributed by atoms with E-state index in [-0.39, 0.29) is 147 Å². The molecule has 0 saturated heterocycles. The van der Waals surface area contributed by atoms with Gasteiger partial charge >= 0.3 is 12.1 Å². The Morgan fingerprint density at radius 2 is 1.26 bits per heavy atom. The van der Waals surface area contributed by atoms with Gasteiger partial charge in [0.1, 0.15) is 19.0 Å². The molecule has 4 aromatic rings. The van der Waals surface area contributed by atoms with Gasteiger partial charge in [-0.2, -0.15) is 13.2 Å². The number of ketones is 3. The zero-order valence-electron chi connectivity index (χ0n) is 64.0. The summed E-state index contributed by atoms with van der Waals surface area (Å²) in [5.41, 5.74) is -0.198. The van der Waals surface area contributed by atoms with Crippen molar-refractivity contribution in [3.8, 4) is 11.4 Å². The second-order valence-corrected chi connectivity index (χ2v) is 28.1. The van der Waals surface area contributed by atoms with Crippen LogP contribution >= 0.6 is 0 Å². The standard InChI is InChI=1S/C79H101F4N7O23/c1-4-78(102)61-42-65-71-59(47-89(65)75(99)60(61)49-113-77(78)101)70-64(16-15-58-50(2)62(80)43-63(87-71)69(58)70)88(3)76(100)72(79(81,82)83)112-22-20-55(91)44-86-74(98)54(40-51-8-6-5-7-9-51)41-57(93)45-85-66(94)17-14-56(92)48-111-39-38-110-37-36-109-35-34-108-33-32-107-31-30-106-29-28-105-27-26-104-25-24-103-23-21-84-73(97)53-12-10-52(11-13-53)46-90-67(95)18-19-68(90)96/h5-9,18-19,42-43,52-54,64,72,102H,4,10-17,20-41,44-49H2,1-3H3,(H,84,97)(H,85,94)(H,86,98)/t52?,53?,54-,64-,72+,78-/m0/s1. The van der Waals surface area contributed by atoms with Crippen molar-refractivity contribution in [2.75, 3.05) is 159 Å². The fourth-order valence-corrected chi connectivity index (χ4v) is 14.2. The number of nitrogens with zero attached hydrogens (tertiary/aromatic N) is 4. The summed E-state index contributed by atoms with van der Waals surface area (Å²) < 4.78 is 122. The predicted molar refractivity (Wildman–Crippen MR) is 394 cm³/mol. The van der Waals surface area contributed by atoms with Gasteiger partial charge in [0.05, 0.1) is 167 Å². The maximum atomic E-state index is 15.6. The van der Waals surface area contributed by atoms with E-state index in [0.717, 1.165) is 30.6 Å². The molecular weight excluding hydrogens is 1490 g/mol. The summed E-state index contributed by atoms with van der Waals surface area (Å²) >= 11 is 0. The molecule has 2 aliphatic carbocycles. The predicted octanol–water partition coefficient (Wildman–Crippen LogP) is 4.28. The van der Waals surface area contributed by atoms with Crippen LogP contribution in [0.4, 0.5) is 17.6 Å². The summed E-state index contributed by atoms with van der Waals surface area (Å²) in [7, 11) is 1.17. The molecule has 0 spiro atoms. The Bertz CT molecular complexity index is 4060. The number of amides is 6. The van der Waals surface area contributed by atoms with Crippen molar-refractivity contribution in [2.45, 2.75) is 128 Å². The molecule has 618 valence electrons. The normalized spacial score (nSPS) is 18.2. The lowest BCUT2D eigenvalue weighted by atomic mass is 9.81. The van der Waals surface area contributed by atoms with Crippen molar-refractivity contribution in [1.82, 2.24) is 35.3 Å². The van der Waals surface area contributed by atoms with E-state index in [1.54, 1.807) is 37.3 Å². The number of halogens is 4. The Morgan fingerprint density at radius 1 is 0.681 bits per heavy atom. The average Bonchev–Trinajstić information content (AvgIpc) is 1.59. The number of alkyl halides is 3. The molecule has 0 bridgehead atoms. The van der Waals surface area contributed by atoms with Gasteiger partial charge in [-0.25, -0.2) is 14.2 Å². The van der Waals surface area contributed by atoms with Crippen molar-refractivity contribution in [3.63, 3.8) is 0 Å². The number of aliphatic hydroxyl groups is 1. The number of rotatable bonds is 51. The number of aromatic nitrogens is 2. The van der Waals surface area contributed by atoms with Crippen molar-refractivity contribution < 1.29 is 123 Å². The lowest BCUT2D eigenvalue weighted by Crippen LogP contribution is -2.48. The first-order valence-corrected chi connectivity index (χ1v) is 38.3. The van der Waals surface area contributed by atoms with Crippen molar-refractivity contribution in [2.24, 2.45) is 17.8 Å². The number of carbonyl (C=O) groups is 10. The van der Waals surface area contributed by atoms with Crippen LogP contribution in [0, 0.1) is 30.5 Å². The first-order valence-electron chi connectivity index (χ1n) is 38.3. The maximum absolute atomic E-state index is 15.6. The summed E-state index contributed by atoms with van der Waals surface area (Å²) in [5.74, 6) is -7.57. The quantitative estimate of drug-likeness (QED) is 0.0183. The van der Waals surface area contributed by atoms with E-state index >= 15 is 4.39 Å². The highest BCUT2D eigenvalue weighted by atomic mass is 19.4. The summed E-state index contributed by atoms with van der Waals surface area (Å²) in [4.78, 5) is 150. The number of nitrogens with one attached hydrogen (secondary N) is 3. The van der Waals surface area contributed by atoms with Crippen LogP contribution < -0.4 is 21.5 Å². The Balaban J connectivity index is 0.568. The fraction of sp³-hybridized carbons (Fsp3) is 0.595. The number of hydrogen-bond donors (Lipinski definition) is 4. The molecule has 1 saturated carbocycles. The lowest BCUT2D eigenvalue weighted by Gasteiger charge is -2.37. The van der Waals surface area contributed by atoms with Crippen LogP contribution in [-0.2, 0) is 132 Å². The number of carbonyl (C=O) groups excluding carboxylic acids is 10. The first-order chi connectivity index (χ1) is 54.4. The van der Waals surface area contributed by atoms with Crippen LogP contribution in [0.1, 0.15) is 116 Å². The minimum atomic E-state index is -5.29. The van der Waals surface area contributed by atoms with Gasteiger partial charge in [0.2, 0.25) is 23.8 Å². The van der Waals surface area contributed by atoms with Crippen molar-refractivity contribution in [1.29, 1.82) is 0 Å². The third kappa shape index (κ3) is 24.9. The lowest BCUT2D eigenvalue weighted by molar-refractivity contribution is -0.224.